The molecule has 0 radical (unpaired) electrons. The standard InChI is InChI=1S/C13H20ClNO2/c1-3-12(16)4-5-15-8-10-7-11(14)6-9(2)13(10)17/h6-7,12,15-17H,3-5,8H2,1-2H3. The number of hydrogen-bond donors (Lipinski definition) is 3. The summed E-state index contributed by atoms with van der Waals surface area (Å²) in [6, 6.07) is 3.49. The zero-order valence-electron chi connectivity index (χ0n) is 10.3. The van der Waals surface area contributed by atoms with E-state index < -0.39 is 0 Å². The van der Waals surface area contributed by atoms with Crippen LogP contribution in [-0.4, -0.2) is 22.9 Å². The molecule has 0 aliphatic rings. The number of phenolic OH excluding ortho intramolecular Hbond substituents is 1. The first-order chi connectivity index (χ1) is 8.04. The molecule has 0 bridgehead atoms. The highest BCUT2D eigenvalue weighted by atomic mass is 35.5. The molecule has 0 aliphatic carbocycles. The molecule has 1 aromatic rings. The maximum atomic E-state index is 9.83. The lowest BCUT2D eigenvalue weighted by molar-refractivity contribution is 0.159. The number of rotatable bonds is 6. The van der Waals surface area contributed by atoms with Gasteiger partial charge in [-0.2, -0.15) is 0 Å². The molecule has 0 fully saturated rings. The van der Waals surface area contributed by atoms with Gasteiger partial charge in [0.25, 0.3) is 0 Å². The number of halogens is 1. The van der Waals surface area contributed by atoms with E-state index in [-0.39, 0.29) is 11.9 Å². The molecule has 3 nitrogen and oxygen atoms in total. The predicted molar refractivity (Wildman–Crippen MR) is 70.5 cm³/mol. The Morgan fingerprint density at radius 2 is 2.12 bits per heavy atom. The van der Waals surface area contributed by atoms with Gasteiger partial charge in [0.1, 0.15) is 5.75 Å². The van der Waals surface area contributed by atoms with Gasteiger partial charge in [-0.3, -0.25) is 0 Å². The summed E-state index contributed by atoms with van der Waals surface area (Å²) < 4.78 is 0. The second-order valence-electron chi connectivity index (χ2n) is 4.26. The Kier molecular flexibility index (Phi) is 5.75. The molecule has 0 aromatic heterocycles. The Labute approximate surface area is 107 Å². The van der Waals surface area contributed by atoms with Crippen LogP contribution < -0.4 is 5.32 Å². The summed E-state index contributed by atoms with van der Waals surface area (Å²) in [7, 11) is 0. The van der Waals surface area contributed by atoms with Crippen molar-refractivity contribution in [3.05, 3.63) is 28.3 Å². The van der Waals surface area contributed by atoms with Gasteiger partial charge in [0.15, 0.2) is 0 Å². The zero-order chi connectivity index (χ0) is 12.8. The van der Waals surface area contributed by atoms with Crippen LogP contribution in [0.1, 0.15) is 30.9 Å². The van der Waals surface area contributed by atoms with E-state index in [2.05, 4.69) is 5.32 Å². The molecule has 0 saturated carbocycles. The van der Waals surface area contributed by atoms with Gasteiger partial charge in [-0.25, -0.2) is 0 Å². The van der Waals surface area contributed by atoms with E-state index in [1.165, 1.54) is 0 Å². The van der Waals surface area contributed by atoms with Crippen LogP contribution in [0.15, 0.2) is 12.1 Å². The number of benzene rings is 1. The van der Waals surface area contributed by atoms with E-state index in [0.717, 1.165) is 30.5 Å². The molecule has 1 aromatic carbocycles. The van der Waals surface area contributed by atoms with E-state index in [0.29, 0.717) is 11.6 Å². The molecule has 1 atom stereocenters. The second-order valence-corrected chi connectivity index (χ2v) is 4.69. The lowest BCUT2D eigenvalue weighted by Crippen LogP contribution is -2.19. The van der Waals surface area contributed by atoms with Crippen molar-refractivity contribution in [2.75, 3.05) is 6.54 Å². The lowest BCUT2D eigenvalue weighted by Gasteiger charge is -2.11. The fourth-order valence-electron chi connectivity index (χ4n) is 1.64. The van der Waals surface area contributed by atoms with Crippen LogP contribution in [0.4, 0.5) is 0 Å². The first-order valence-corrected chi connectivity index (χ1v) is 6.29. The molecule has 4 heteroatoms. The topological polar surface area (TPSA) is 52.5 Å². The number of phenols is 1. The largest absolute Gasteiger partial charge is 0.507 e. The second kappa shape index (κ2) is 6.84. The van der Waals surface area contributed by atoms with Crippen molar-refractivity contribution in [3.8, 4) is 5.75 Å². The van der Waals surface area contributed by atoms with Crippen LogP contribution in [0, 0.1) is 6.92 Å². The fourth-order valence-corrected chi connectivity index (χ4v) is 1.93. The van der Waals surface area contributed by atoms with E-state index in [9.17, 15) is 10.2 Å². The van der Waals surface area contributed by atoms with Gasteiger partial charge in [0, 0.05) is 17.1 Å². The molecule has 0 saturated heterocycles. The molecule has 96 valence electrons. The van der Waals surface area contributed by atoms with Crippen molar-refractivity contribution in [1.82, 2.24) is 5.32 Å². The van der Waals surface area contributed by atoms with Crippen molar-refractivity contribution in [1.29, 1.82) is 0 Å². The molecule has 0 heterocycles. The third kappa shape index (κ3) is 4.54. The molecule has 3 N–H and O–H groups in total. The zero-order valence-corrected chi connectivity index (χ0v) is 11.1. The molecule has 1 unspecified atom stereocenters. The Morgan fingerprint density at radius 1 is 1.41 bits per heavy atom. The maximum Gasteiger partial charge on any atom is 0.123 e. The minimum Gasteiger partial charge on any atom is -0.507 e. The van der Waals surface area contributed by atoms with Gasteiger partial charge in [-0.1, -0.05) is 18.5 Å². The Balaban J connectivity index is 2.47. The van der Waals surface area contributed by atoms with Gasteiger partial charge < -0.3 is 15.5 Å². The van der Waals surface area contributed by atoms with Crippen molar-refractivity contribution >= 4 is 11.6 Å². The van der Waals surface area contributed by atoms with Crippen LogP contribution >= 0.6 is 11.6 Å². The highest BCUT2D eigenvalue weighted by Gasteiger charge is 2.06. The molecule has 0 spiro atoms. The SMILES string of the molecule is CCC(O)CCNCc1cc(Cl)cc(C)c1O. The number of hydrogen-bond acceptors (Lipinski definition) is 3. The average Bonchev–Trinajstić information content (AvgIpc) is 2.30. The van der Waals surface area contributed by atoms with Crippen molar-refractivity contribution in [2.45, 2.75) is 39.3 Å². The summed E-state index contributed by atoms with van der Waals surface area (Å²) in [5.41, 5.74) is 1.57. The highest BCUT2D eigenvalue weighted by Crippen LogP contribution is 2.26. The monoisotopic (exact) mass is 257 g/mol. The minimum absolute atomic E-state index is 0.253. The number of aliphatic hydroxyl groups is 1. The van der Waals surface area contributed by atoms with Crippen LogP contribution in [0.3, 0.4) is 0 Å². The average molecular weight is 258 g/mol. The number of nitrogens with one attached hydrogen (secondary N) is 1. The summed E-state index contributed by atoms with van der Waals surface area (Å²) >= 11 is 5.93. The van der Waals surface area contributed by atoms with Gasteiger partial charge in [-0.05, 0) is 44.0 Å². The molecule has 1 rings (SSSR count). The van der Waals surface area contributed by atoms with E-state index in [1.807, 2.05) is 13.8 Å². The van der Waals surface area contributed by atoms with Gasteiger partial charge in [-0.15, -0.1) is 0 Å². The summed E-state index contributed by atoms with van der Waals surface area (Å²) in [6.07, 6.45) is 1.23. The summed E-state index contributed by atoms with van der Waals surface area (Å²) in [5, 5.41) is 23.0. The van der Waals surface area contributed by atoms with E-state index >= 15 is 0 Å². The van der Waals surface area contributed by atoms with Crippen molar-refractivity contribution in [2.24, 2.45) is 0 Å². The van der Waals surface area contributed by atoms with Crippen molar-refractivity contribution < 1.29 is 10.2 Å². The Hall–Kier alpha value is -0.770. The third-order valence-electron chi connectivity index (χ3n) is 2.79. The summed E-state index contributed by atoms with van der Waals surface area (Å²) in [5.74, 6) is 0.290. The van der Waals surface area contributed by atoms with Crippen LogP contribution in [0.2, 0.25) is 5.02 Å². The summed E-state index contributed by atoms with van der Waals surface area (Å²) in [6.45, 7) is 5.06. The van der Waals surface area contributed by atoms with Gasteiger partial charge in [0.05, 0.1) is 6.10 Å². The fraction of sp³-hybridized carbons (Fsp3) is 0.538. The normalized spacial score (nSPS) is 12.7. The molecular weight excluding hydrogens is 238 g/mol. The number of aliphatic hydroxyl groups excluding tert-OH is 1. The Bertz CT molecular complexity index is 369. The first-order valence-electron chi connectivity index (χ1n) is 5.91. The highest BCUT2D eigenvalue weighted by molar-refractivity contribution is 6.30. The lowest BCUT2D eigenvalue weighted by atomic mass is 10.1. The molecular formula is C13H20ClNO2. The molecule has 0 aliphatic heterocycles. The van der Waals surface area contributed by atoms with Crippen LogP contribution in [0.25, 0.3) is 0 Å². The van der Waals surface area contributed by atoms with Crippen molar-refractivity contribution in [3.63, 3.8) is 0 Å². The van der Waals surface area contributed by atoms with Crippen LogP contribution in [0.5, 0.6) is 5.75 Å². The van der Waals surface area contributed by atoms with Gasteiger partial charge >= 0.3 is 0 Å². The van der Waals surface area contributed by atoms with E-state index in [1.54, 1.807) is 12.1 Å². The number of aromatic hydroxyl groups is 1. The Morgan fingerprint density at radius 3 is 2.76 bits per heavy atom. The molecule has 0 amide bonds. The summed E-state index contributed by atoms with van der Waals surface area (Å²) in [4.78, 5) is 0. The van der Waals surface area contributed by atoms with Crippen LogP contribution in [-0.2, 0) is 6.54 Å². The molecule has 17 heavy (non-hydrogen) atoms. The number of aryl methyl sites for hydroxylation is 1. The minimum atomic E-state index is -0.253. The maximum absolute atomic E-state index is 9.83. The third-order valence-corrected chi connectivity index (χ3v) is 3.00. The van der Waals surface area contributed by atoms with Gasteiger partial charge in [0.2, 0.25) is 0 Å². The van der Waals surface area contributed by atoms with E-state index in [4.69, 9.17) is 11.6 Å². The first kappa shape index (κ1) is 14.3. The predicted octanol–water partition coefficient (Wildman–Crippen LogP) is 2.60. The smallest absolute Gasteiger partial charge is 0.123 e. The quantitative estimate of drug-likeness (QED) is 0.687.